The molecule has 10 nitrogen and oxygen atoms in total. The number of carbonyl (C=O) groups is 1. The van der Waals surface area contributed by atoms with Crippen LogP contribution in [0.4, 0.5) is 29.3 Å². The molecule has 0 bridgehead atoms. The molecule has 0 aliphatic rings. The van der Waals surface area contributed by atoms with E-state index in [0.29, 0.717) is 23.6 Å². The number of nitrogens with two attached hydrogens (primary N) is 1. The summed E-state index contributed by atoms with van der Waals surface area (Å²) in [6.45, 7) is 1.80. The normalized spacial score (nSPS) is 12.2. The second-order valence-electron chi connectivity index (χ2n) is 6.46. The van der Waals surface area contributed by atoms with Gasteiger partial charge in [-0.15, -0.1) is 12.4 Å². The number of methoxy groups -OCH3 is 1. The lowest BCUT2D eigenvalue weighted by Crippen LogP contribution is -2.23. The summed E-state index contributed by atoms with van der Waals surface area (Å²) in [5.74, 6) is -0.212. The van der Waals surface area contributed by atoms with E-state index in [0.717, 1.165) is 0 Å². The SMILES string of the molecule is CO[C@@H](C)c1c(NC(=O)Nc2cc(C(F)(F)F)cnc2OCCN)cnc2cc(Cl)nn12.Cl. The standard InChI is InChI=1S/C18H19ClF3N7O3.ClH/c1-9(31-2)15-12(8-24-14-6-13(19)28-29(14)15)27-17(30)26-11-5-10(18(20,21)22)7-25-16(11)32-4-3-23;/h5-9H,3-4,23H2,1-2H3,(H2,26,27,30);1H/t9-;/m0./s1. The van der Waals surface area contributed by atoms with Crippen LogP contribution in [0.25, 0.3) is 5.65 Å². The highest BCUT2D eigenvalue weighted by molar-refractivity contribution is 6.29. The van der Waals surface area contributed by atoms with E-state index in [1.807, 2.05) is 0 Å². The fourth-order valence-corrected chi connectivity index (χ4v) is 2.94. The number of amides is 2. The number of alkyl halides is 3. The number of carbonyl (C=O) groups excluding carboxylic acids is 1. The van der Waals surface area contributed by atoms with Gasteiger partial charge in [0.25, 0.3) is 0 Å². The van der Waals surface area contributed by atoms with Crippen LogP contribution in [0.1, 0.15) is 24.3 Å². The summed E-state index contributed by atoms with van der Waals surface area (Å²) in [6, 6.07) is 1.37. The van der Waals surface area contributed by atoms with Gasteiger partial charge < -0.3 is 25.8 Å². The van der Waals surface area contributed by atoms with Crippen LogP contribution < -0.4 is 21.1 Å². The molecular weight excluding hydrogens is 490 g/mol. The van der Waals surface area contributed by atoms with Crippen molar-refractivity contribution in [2.45, 2.75) is 19.2 Å². The molecular formula is C18H20Cl2F3N7O3. The van der Waals surface area contributed by atoms with Gasteiger partial charge >= 0.3 is 12.2 Å². The van der Waals surface area contributed by atoms with Crippen molar-refractivity contribution in [2.75, 3.05) is 30.9 Å². The Morgan fingerprint density at radius 2 is 1.94 bits per heavy atom. The predicted octanol–water partition coefficient (Wildman–Crippen LogP) is 3.91. The van der Waals surface area contributed by atoms with Gasteiger partial charge in [-0.05, 0) is 13.0 Å². The van der Waals surface area contributed by atoms with Crippen LogP contribution >= 0.6 is 24.0 Å². The number of pyridine rings is 1. The predicted molar refractivity (Wildman–Crippen MR) is 117 cm³/mol. The van der Waals surface area contributed by atoms with Crippen molar-refractivity contribution in [1.82, 2.24) is 19.6 Å². The van der Waals surface area contributed by atoms with Crippen LogP contribution in [-0.4, -0.2) is 45.9 Å². The average molecular weight is 510 g/mol. The Bertz CT molecular complexity index is 1130. The van der Waals surface area contributed by atoms with Gasteiger partial charge in [-0.3, -0.25) is 0 Å². The van der Waals surface area contributed by atoms with E-state index in [4.69, 9.17) is 26.8 Å². The maximum Gasteiger partial charge on any atom is 0.417 e. The summed E-state index contributed by atoms with van der Waals surface area (Å²) in [5, 5.41) is 9.15. The molecule has 0 spiro atoms. The van der Waals surface area contributed by atoms with Crippen LogP contribution in [-0.2, 0) is 10.9 Å². The number of rotatable bonds is 7. The molecule has 3 aromatic heterocycles. The van der Waals surface area contributed by atoms with Crippen molar-refractivity contribution < 1.29 is 27.4 Å². The molecule has 0 aromatic carbocycles. The molecule has 4 N–H and O–H groups in total. The first-order valence-corrected chi connectivity index (χ1v) is 9.57. The topological polar surface area (TPSA) is 129 Å². The minimum absolute atomic E-state index is 0. The van der Waals surface area contributed by atoms with Crippen LogP contribution in [0.2, 0.25) is 5.15 Å². The fraction of sp³-hybridized carbons (Fsp3) is 0.333. The highest BCUT2D eigenvalue weighted by atomic mass is 35.5. The zero-order valence-electron chi connectivity index (χ0n) is 17.3. The van der Waals surface area contributed by atoms with Crippen molar-refractivity contribution in [1.29, 1.82) is 0 Å². The molecule has 0 unspecified atom stereocenters. The van der Waals surface area contributed by atoms with Gasteiger partial charge in [0.1, 0.15) is 12.3 Å². The zero-order valence-corrected chi connectivity index (χ0v) is 18.9. The van der Waals surface area contributed by atoms with Crippen molar-refractivity contribution in [3.05, 3.63) is 40.9 Å². The zero-order chi connectivity index (χ0) is 23.5. The minimum atomic E-state index is -4.66. The van der Waals surface area contributed by atoms with Crippen molar-refractivity contribution >= 4 is 47.1 Å². The Kier molecular flexibility index (Phi) is 8.66. The highest BCUT2D eigenvalue weighted by Gasteiger charge is 2.32. The van der Waals surface area contributed by atoms with E-state index in [1.165, 1.54) is 23.9 Å². The first-order chi connectivity index (χ1) is 15.1. The lowest BCUT2D eigenvalue weighted by Gasteiger charge is -2.18. The number of ether oxygens (including phenoxy) is 2. The Morgan fingerprint density at radius 1 is 1.24 bits per heavy atom. The van der Waals surface area contributed by atoms with Crippen LogP contribution in [0.15, 0.2) is 24.5 Å². The van der Waals surface area contributed by atoms with E-state index < -0.39 is 23.9 Å². The molecule has 3 rings (SSSR count). The third kappa shape index (κ3) is 6.13. The molecule has 0 saturated carbocycles. The molecule has 33 heavy (non-hydrogen) atoms. The molecule has 3 aromatic rings. The van der Waals surface area contributed by atoms with E-state index >= 15 is 0 Å². The Hall–Kier alpha value is -2.87. The van der Waals surface area contributed by atoms with Gasteiger partial charge in [0.15, 0.2) is 10.8 Å². The van der Waals surface area contributed by atoms with Gasteiger partial charge in [-0.1, -0.05) is 11.6 Å². The van der Waals surface area contributed by atoms with Gasteiger partial charge in [0.05, 0.1) is 29.2 Å². The molecule has 3 heterocycles. The summed E-state index contributed by atoms with van der Waals surface area (Å²) in [6.07, 6.45) is -3.24. The summed E-state index contributed by atoms with van der Waals surface area (Å²) < 4.78 is 51.3. The first-order valence-electron chi connectivity index (χ1n) is 9.19. The Balaban J connectivity index is 0.00000385. The largest absolute Gasteiger partial charge is 0.475 e. The Labute approximate surface area is 197 Å². The number of hydrogen-bond donors (Lipinski definition) is 3. The lowest BCUT2D eigenvalue weighted by molar-refractivity contribution is -0.137. The number of nitrogens with zero attached hydrogens (tertiary/aromatic N) is 4. The molecule has 0 fully saturated rings. The smallest absolute Gasteiger partial charge is 0.417 e. The van der Waals surface area contributed by atoms with Gasteiger partial charge in [0.2, 0.25) is 5.88 Å². The number of hydrogen-bond acceptors (Lipinski definition) is 7. The number of anilines is 2. The molecule has 0 aliphatic carbocycles. The third-order valence-corrected chi connectivity index (χ3v) is 4.45. The molecule has 180 valence electrons. The lowest BCUT2D eigenvalue weighted by atomic mass is 10.2. The van der Waals surface area contributed by atoms with E-state index in [9.17, 15) is 18.0 Å². The molecule has 1 atom stereocenters. The Morgan fingerprint density at radius 3 is 2.58 bits per heavy atom. The van der Waals surface area contributed by atoms with Gasteiger partial charge in [-0.25, -0.2) is 19.3 Å². The van der Waals surface area contributed by atoms with Gasteiger partial charge in [0, 0.05) is 25.9 Å². The minimum Gasteiger partial charge on any atom is -0.475 e. The highest BCUT2D eigenvalue weighted by Crippen LogP contribution is 2.34. The maximum atomic E-state index is 13.1. The number of urea groups is 1. The molecule has 0 saturated heterocycles. The van der Waals surface area contributed by atoms with E-state index in [2.05, 4.69) is 25.7 Å². The van der Waals surface area contributed by atoms with Crippen LogP contribution in [0.5, 0.6) is 5.88 Å². The maximum absolute atomic E-state index is 13.1. The van der Waals surface area contributed by atoms with E-state index in [-0.39, 0.29) is 48.0 Å². The second-order valence-corrected chi connectivity index (χ2v) is 6.85. The molecule has 15 heteroatoms. The number of aromatic nitrogens is 4. The van der Waals surface area contributed by atoms with Crippen molar-refractivity contribution in [3.8, 4) is 5.88 Å². The van der Waals surface area contributed by atoms with Crippen molar-refractivity contribution in [2.24, 2.45) is 5.73 Å². The molecule has 0 radical (unpaired) electrons. The summed E-state index contributed by atoms with van der Waals surface area (Å²) in [7, 11) is 1.46. The third-order valence-electron chi connectivity index (χ3n) is 4.26. The quantitative estimate of drug-likeness (QED) is 0.440. The first kappa shape index (κ1) is 26.4. The summed E-state index contributed by atoms with van der Waals surface area (Å²) >= 11 is 5.94. The summed E-state index contributed by atoms with van der Waals surface area (Å²) in [5.41, 5.74) is 5.05. The van der Waals surface area contributed by atoms with E-state index in [1.54, 1.807) is 6.92 Å². The van der Waals surface area contributed by atoms with Gasteiger partial charge in [-0.2, -0.15) is 18.3 Å². The van der Waals surface area contributed by atoms with Crippen LogP contribution in [0, 0.1) is 0 Å². The fourth-order valence-electron chi connectivity index (χ4n) is 2.77. The second kappa shape index (κ2) is 10.8. The summed E-state index contributed by atoms with van der Waals surface area (Å²) in [4.78, 5) is 20.4. The number of nitrogens with one attached hydrogen (secondary N) is 2. The molecule has 2 amide bonds. The average Bonchev–Trinajstić information content (AvgIpc) is 3.11. The van der Waals surface area contributed by atoms with Crippen LogP contribution in [0.3, 0.4) is 0 Å². The number of fused-ring (bicyclic) bond motifs is 1. The molecule has 0 aliphatic heterocycles. The monoisotopic (exact) mass is 509 g/mol. The van der Waals surface area contributed by atoms with Crippen molar-refractivity contribution in [3.63, 3.8) is 0 Å². The number of halogens is 5.